The zero-order chi connectivity index (χ0) is 9.10. The molecule has 3 heteroatoms. The molecule has 2 aliphatic heterocycles. The zero-order valence-electron chi connectivity index (χ0n) is 8.29. The number of ether oxygens (including phenoxy) is 2. The molecule has 0 amide bonds. The van der Waals surface area contributed by atoms with E-state index in [9.17, 15) is 0 Å². The fraction of sp³-hybridized carbons (Fsp3) is 1.00. The van der Waals surface area contributed by atoms with Gasteiger partial charge in [0, 0.05) is 31.9 Å². The average molecular weight is 185 g/mol. The maximum atomic E-state index is 5.51. The maximum Gasteiger partial charge on any atom is 0.0700 e. The van der Waals surface area contributed by atoms with Gasteiger partial charge in [0.1, 0.15) is 0 Å². The van der Waals surface area contributed by atoms with E-state index in [1.54, 1.807) is 0 Å². The molecule has 1 N–H and O–H groups in total. The van der Waals surface area contributed by atoms with E-state index in [1.807, 2.05) is 0 Å². The molecule has 0 aliphatic carbocycles. The van der Waals surface area contributed by atoms with Crippen LogP contribution < -0.4 is 5.32 Å². The lowest BCUT2D eigenvalue weighted by molar-refractivity contribution is 0.0667. The molecule has 2 saturated heterocycles. The van der Waals surface area contributed by atoms with Crippen LogP contribution in [0.4, 0.5) is 0 Å². The average Bonchev–Trinajstić information content (AvgIpc) is 2.54. The van der Waals surface area contributed by atoms with Crippen LogP contribution in [0, 0.1) is 0 Å². The van der Waals surface area contributed by atoms with Crippen molar-refractivity contribution in [2.24, 2.45) is 0 Å². The lowest BCUT2D eigenvalue weighted by Gasteiger charge is -2.27. The molecule has 2 unspecified atom stereocenters. The fourth-order valence-electron chi connectivity index (χ4n) is 2.12. The molecule has 0 bridgehead atoms. The van der Waals surface area contributed by atoms with Gasteiger partial charge >= 0.3 is 0 Å². The third-order valence-electron chi connectivity index (χ3n) is 3.05. The first-order valence-electron chi connectivity index (χ1n) is 5.31. The lowest BCUT2D eigenvalue weighted by atomic mass is 10.1. The summed E-state index contributed by atoms with van der Waals surface area (Å²) in [6.45, 7) is 4.91. The standard InChI is InChI=1S/C10H19NO2/c1-8-10(4-7-13-8)11-9-2-5-12-6-3-9/h8-11H,2-7H2,1H3. The van der Waals surface area contributed by atoms with E-state index < -0.39 is 0 Å². The van der Waals surface area contributed by atoms with Crippen molar-refractivity contribution in [2.75, 3.05) is 19.8 Å². The number of hydrogen-bond donors (Lipinski definition) is 1. The number of nitrogens with one attached hydrogen (secondary N) is 1. The summed E-state index contributed by atoms with van der Waals surface area (Å²) >= 11 is 0. The second-order valence-corrected chi connectivity index (χ2v) is 4.02. The Kier molecular flexibility index (Phi) is 3.19. The summed E-state index contributed by atoms with van der Waals surface area (Å²) in [5.41, 5.74) is 0. The summed E-state index contributed by atoms with van der Waals surface area (Å²) in [5, 5.41) is 3.66. The van der Waals surface area contributed by atoms with Gasteiger partial charge in [0.15, 0.2) is 0 Å². The second-order valence-electron chi connectivity index (χ2n) is 4.02. The molecule has 0 aromatic heterocycles. The topological polar surface area (TPSA) is 30.5 Å². The first-order chi connectivity index (χ1) is 6.36. The lowest BCUT2D eigenvalue weighted by Crippen LogP contribution is -2.44. The Labute approximate surface area is 79.8 Å². The summed E-state index contributed by atoms with van der Waals surface area (Å²) in [6, 6.07) is 1.23. The Balaban J connectivity index is 1.75. The Hall–Kier alpha value is -0.120. The van der Waals surface area contributed by atoms with Crippen LogP contribution in [0.25, 0.3) is 0 Å². The summed E-state index contributed by atoms with van der Waals surface area (Å²) < 4.78 is 10.8. The Morgan fingerprint density at radius 1 is 1.08 bits per heavy atom. The third kappa shape index (κ3) is 2.42. The van der Waals surface area contributed by atoms with Gasteiger partial charge in [-0.1, -0.05) is 0 Å². The molecular weight excluding hydrogens is 166 g/mol. The monoisotopic (exact) mass is 185 g/mol. The van der Waals surface area contributed by atoms with Crippen LogP contribution in [0.5, 0.6) is 0 Å². The molecule has 2 rings (SSSR count). The molecular formula is C10H19NO2. The van der Waals surface area contributed by atoms with Crippen LogP contribution in [-0.2, 0) is 9.47 Å². The van der Waals surface area contributed by atoms with E-state index in [2.05, 4.69) is 12.2 Å². The predicted molar refractivity (Wildman–Crippen MR) is 50.8 cm³/mol. The zero-order valence-corrected chi connectivity index (χ0v) is 8.29. The van der Waals surface area contributed by atoms with Crippen molar-refractivity contribution in [3.05, 3.63) is 0 Å². The van der Waals surface area contributed by atoms with Crippen molar-refractivity contribution >= 4 is 0 Å². The Bertz CT molecular complexity index is 157. The van der Waals surface area contributed by atoms with Crippen molar-refractivity contribution in [1.82, 2.24) is 5.32 Å². The first kappa shape index (κ1) is 9.44. The predicted octanol–water partition coefficient (Wildman–Crippen LogP) is 0.932. The minimum atomic E-state index is 0.392. The van der Waals surface area contributed by atoms with Gasteiger partial charge < -0.3 is 14.8 Å². The quantitative estimate of drug-likeness (QED) is 0.694. The molecule has 0 aromatic rings. The van der Waals surface area contributed by atoms with E-state index in [0.29, 0.717) is 18.2 Å². The highest BCUT2D eigenvalue weighted by molar-refractivity contribution is 4.83. The molecule has 13 heavy (non-hydrogen) atoms. The smallest absolute Gasteiger partial charge is 0.0700 e. The molecule has 2 aliphatic rings. The minimum absolute atomic E-state index is 0.392. The van der Waals surface area contributed by atoms with Gasteiger partial charge in [0.05, 0.1) is 6.10 Å². The van der Waals surface area contributed by atoms with Gasteiger partial charge in [-0.2, -0.15) is 0 Å². The molecule has 0 spiro atoms. The molecule has 76 valence electrons. The molecule has 0 saturated carbocycles. The van der Waals surface area contributed by atoms with Gasteiger partial charge in [0.25, 0.3) is 0 Å². The van der Waals surface area contributed by atoms with Crippen LogP contribution >= 0.6 is 0 Å². The highest BCUT2D eigenvalue weighted by Crippen LogP contribution is 2.16. The third-order valence-corrected chi connectivity index (χ3v) is 3.05. The molecule has 0 radical (unpaired) electrons. The summed E-state index contributed by atoms with van der Waals surface area (Å²) in [5.74, 6) is 0. The minimum Gasteiger partial charge on any atom is -0.381 e. The number of hydrogen-bond acceptors (Lipinski definition) is 3. The van der Waals surface area contributed by atoms with Gasteiger partial charge in [-0.05, 0) is 26.2 Å². The van der Waals surface area contributed by atoms with Gasteiger partial charge in [-0.3, -0.25) is 0 Å². The van der Waals surface area contributed by atoms with Crippen LogP contribution in [0.2, 0.25) is 0 Å². The largest absolute Gasteiger partial charge is 0.381 e. The van der Waals surface area contributed by atoms with E-state index in [-0.39, 0.29) is 0 Å². The van der Waals surface area contributed by atoms with E-state index in [4.69, 9.17) is 9.47 Å². The van der Waals surface area contributed by atoms with Gasteiger partial charge in [-0.25, -0.2) is 0 Å². The van der Waals surface area contributed by atoms with E-state index >= 15 is 0 Å². The van der Waals surface area contributed by atoms with E-state index in [1.165, 1.54) is 6.42 Å². The maximum absolute atomic E-state index is 5.51. The summed E-state index contributed by atoms with van der Waals surface area (Å²) in [4.78, 5) is 0. The van der Waals surface area contributed by atoms with Crippen LogP contribution in [0.1, 0.15) is 26.2 Å². The molecule has 2 atom stereocenters. The molecule has 2 heterocycles. The molecule has 2 fully saturated rings. The van der Waals surface area contributed by atoms with Crippen molar-refractivity contribution in [2.45, 2.75) is 44.4 Å². The van der Waals surface area contributed by atoms with Crippen molar-refractivity contribution < 1.29 is 9.47 Å². The van der Waals surface area contributed by atoms with Crippen molar-refractivity contribution in [3.8, 4) is 0 Å². The van der Waals surface area contributed by atoms with Crippen LogP contribution in [0.15, 0.2) is 0 Å². The summed E-state index contributed by atoms with van der Waals surface area (Å²) in [7, 11) is 0. The Morgan fingerprint density at radius 3 is 2.46 bits per heavy atom. The highest BCUT2D eigenvalue weighted by Gasteiger charge is 2.26. The van der Waals surface area contributed by atoms with Gasteiger partial charge in [-0.15, -0.1) is 0 Å². The van der Waals surface area contributed by atoms with Crippen molar-refractivity contribution in [1.29, 1.82) is 0 Å². The Morgan fingerprint density at radius 2 is 1.85 bits per heavy atom. The van der Waals surface area contributed by atoms with E-state index in [0.717, 1.165) is 32.7 Å². The fourth-order valence-corrected chi connectivity index (χ4v) is 2.12. The first-order valence-corrected chi connectivity index (χ1v) is 5.31. The molecule has 0 aromatic carbocycles. The van der Waals surface area contributed by atoms with Crippen LogP contribution in [0.3, 0.4) is 0 Å². The van der Waals surface area contributed by atoms with Gasteiger partial charge in [0.2, 0.25) is 0 Å². The second kappa shape index (κ2) is 4.40. The summed E-state index contributed by atoms with van der Waals surface area (Å²) in [6.07, 6.45) is 3.87. The number of rotatable bonds is 2. The van der Waals surface area contributed by atoms with Crippen LogP contribution in [-0.4, -0.2) is 38.0 Å². The SMILES string of the molecule is CC1OCCC1NC1CCOCC1. The highest BCUT2D eigenvalue weighted by atomic mass is 16.5. The van der Waals surface area contributed by atoms with Crippen molar-refractivity contribution in [3.63, 3.8) is 0 Å². The normalized spacial score (nSPS) is 36.7. The molecule has 3 nitrogen and oxygen atoms in total.